The van der Waals surface area contributed by atoms with Crippen LogP contribution in [0.2, 0.25) is 5.02 Å². The van der Waals surface area contributed by atoms with Crippen LogP contribution in [0.4, 0.5) is 0 Å². The van der Waals surface area contributed by atoms with Crippen molar-refractivity contribution in [1.82, 2.24) is 19.7 Å². The Bertz CT molecular complexity index is 528. The molecule has 2 rings (SSSR count). The summed E-state index contributed by atoms with van der Waals surface area (Å²) in [6.45, 7) is 1.90. The molecule has 0 atom stereocenters. The summed E-state index contributed by atoms with van der Waals surface area (Å²) in [6, 6.07) is 1.81. The Hall–Kier alpha value is -0.590. The van der Waals surface area contributed by atoms with Crippen LogP contribution in [0.3, 0.4) is 0 Å². The number of pyridine rings is 1. The predicted molar refractivity (Wildman–Crippen MR) is 66.8 cm³/mol. The predicted octanol–water partition coefficient (Wildman–Crippen LogP) is 3.09. The zero-order valence-electron chi connectivity index (χ0n) is 8.61. The minimum atomic E-state index is 0.602. The van der Waals surface area contributed by atoms with Crippen LogP contribution in [0.15, 0.2) is 26.9 Å². The van der Waals surface area contributed by atoms with Gasteiger partial charge in [-0.05, 0) is 40.7 Å². The fraction of sp³-hybridized carbons (Fsp3) is 0.222. The third-order valence-electron chi connectivity index (χ3n) is 2.01. The molecule has 2 aromatic heterocycles. The van der Waals surface area contributed by atoms with Crippen molar-refractivity contribution < 1.29 is 0 Å². The van der Waals surface area contributed by atoms with Gasteiger partial charge < -0.3 is 4.57 Å². The second-order valence-electron chi connectivity index (χ2n) is 3.13. The van der Waals surface area contributed by atoms with E-state index < -0.39 is 0 Å². The zero-order chi connectivity index (χ0) is 11.7. The molecule has 2 heterocycles. The summed E-state index contributed by atoms with van der Waals surface area (Å²) in [7, 11) is 1.92. The first kappa shape index (κ1) is 11.9. The van der Waals surface area contributed by atoms with E-state index in [2.05, 4.69) is 31.1 Å². The average molecular weight is 320 g/mol. The third-order valence-corrected chi connectivity index (χ3v) is 4.15. The number of aromatic nitrogens is 4. The summed E-state index contributed by atoms with van der Waals surface area (Å²) in [6.07, 6.45) is 1.61. The second-order valence-corrected chi connectivity index (χ2v) is 5.38. The molecule has 16 heavy (non-hydrogen) atoms. The van der Waals surface area contributed by atoms with Gasteiger partial charge in [-0.1, -0.05) is 11.6 Å². The Balaban J connectivity index is 2.30. The minimum absolute atomic E-state index is 0.602. The molecule has 0 aliphatic rings. The summed E-state index contributed by atoms with van der Waals surface area (Å²) in [4.78, 5) is 4.23. The van der Waals surface area contributed by atoms with E-state index in [1.54, 1.807) is 12.3 Å². The molecule has 4 nitrogen and oxygen atoms in total. The molecule has 7 heteroatoms. The van der Waals surface area contributed by atoms with Crippen LogP contribution in [0.5, 0.6) is 0 Å². The van der Waals surface area contributed by atoms with Gasteiger partial charge in [0.15, 0.2) is 5.16 Å². The summed E-state index contributed by atoms with van der Waals surface area (Å²) in [5.74, 6) is 0.868. The van der Waals surface area contributed by atoms with E-state index in [9.17, 15) is 0 Å². The first-order chi connectivity index (χ1) is 7.58. The van der Waals surface area contributed by atoms with Crippen molar-refractivity contribution in [2.75, 3.05) is 0 Å². The smallest absolute Gasteiger partial charge is 0.197 e. The van der Waals surface area contributed by atoms with Crippen LogP contribution in [-0.4, -0.2) is 19.7 Å². The highest BCUT2D eigenvalue weighted by Crippen LogP contribution is 2.31. The lowest BCUT2D eigenvalue weighted by atomic mass is 10.5. The Morgan fingerprint density at radius 1 is 1.44 bits per heavy atom. The summed E-state index contributed by atoms with van der Waals surface area (Å²) >= 11 is 10.7. The maximum absolute atomic E-state index is 5.82. The van der Waals surface area contributed by atoms with Crippen LogP contribution in [0, 0.1) is 6.92 Å². The topological polar surface area (TPSA) is 43.6 Å². The summed E-state index contributed by atoms with van der Waals surface area (Å²) in [5.41, 5.74) is 0. The monoisotopic (exact) mass is 318 g/mol. The van der Waals surface area contributed by atoms with Gasteiger partial charge in [-0.2, -0.15) is 0 Å². The van der Waals surface area contributed by atoms with E-state index in [1.807, 2.05) is 18.5 Å². The normalized spacial score (nSPS) is 10.8. The SMILES string of the molecule is Cc1nnc(Sc2ncc(Cl)cc2Br)n1C. The van der Waals surface area contributed by atoms with E-state index in [1.165, 1.54) is 11.8 Å². The van der Waals surface area contributed by atoms with E-state index in [0.29, 0.717) is 5.02 Å². The molecular formula is C9H8BrClN4S. The second kappa shape index (κ2) is 4.73. The highest BCUT2D eigenvalue weighted by Gasteiger charge is 2.10. The maximum Gasteiger partial charge on any atom is 0.197 e. The maximum atomic E-state index is 5.82. The molecule has 0 aliphatic carbocycles. The molecule has 0 N–H and O–H groups in total. The summed E-state index contributed by atoms with van der Waals surface area (Å²) < 4.78 is 2.76. The van der Waals surface area contributed by atoms with Crippen LogP contribution in [0.25, 0.3) is 0 Å². The van der Waals surface area contributed by atoms with Crippen LogP contribution < -0.4 is 0 Å². The quantitative estimate of drug-likeness (QED) is 0.853. The Kier molecular flexibility index (Phi) is 3.51. The average Bonchev–Trinajstić information content (AvgIpc) is 2.54. The minimum Gasteiger partial charge on any atom is -0.309 e. The fourth-order valence-electron chi connectivity index (χ4n) is 1.04. The number of rotatable bonds is 2. The van der Waals surface area contributed by atoms with Gasteiger partial charge in [0.2, 0.25) is 0 Å². The molecule has 0 aromatic carbocycles. The molecule has 0 bridgehead atoms. The van der Waals surface area contributed by atoms with Crippen LogP contribution in [0.1, 0.15) is 5.82 Å². The molecule has 0 aliphatic heterocycles. The van der Waals surface area contributed by atoms with Gasteiger partial charge in [-0.3, -0.25) is 0 Å². The van der Waals surface area contributed by atoms with Gasteiger partial charge in [0.1, 0.15) is 10.9 Å². The molecule has 0 spiro atoms. The van der Waals surface area contributed by atoms with Gasteiger partial charge in [-0.15, -0.1) is 10.2 Å². The van der Waals surface area contributed by atoms with Crippen molar-refractivity contribution >= 4 is 39.3 Å². The van der Waals surface area contributed by atoms with Crippen molar-refractivity contribution in [3.05, 3.63) is 27.6 Å². The fourth-order valence-corrected chi connectivity index (χ4v) is 2.71. The number of hydrogen-bond donors (Lipinski definition) is 0. The van der Waals surface area contributed by atoms with E-state index >= 15 is 0 Å². The van der Waals surface area contributed by atoms with Crippen molar-refractivity contribution in [3.8, 4) is 0 Å². The van der Waals surface area contributed by atoms with Gasteiger partial charge >= 0.3 is 0 Å². The number of aryl methyl sites for hydroxylation is 1. The highest BCUT2D eigenvalue weighted by molar-refractivity contribution is 9.10. The van der Waals surface area contributed by atoms with Crippen LogP contribution in [-0.2, 0) is 7.05 Å². The van der Waals surface area contributed by atoms with Crippen molar-refractivity contribution in [2.45, 2.75) is 17.1 Å². The first-order valence-electron chi connectivity index (χ1n) is 4.43. The van der Waals surface area contributed by atoms with Crippen molar-refractivity contribution in [3.63, 3.8) is 0 Å². The van der Waals surface area contributed by atoms with Gasteiger partial charge in [0, 0.05) is 13.2 Å². The standard InChI is InChI=1S/C9H8BrClN4S/c1-5-13-14-9(15(5)2)16-8-7(10)3-6(11)4-12-8/h3-4H,1-2H3. The largest absolute Gasteiger partial charge is 0.309 e. The lowest BCUT2D eigenvalue weighted by Crippen LogP contribution is -1.94. The Morgan fingerprint density at radius 2 is 2.19 bits per heavy atom. The molecular weight excluding hydrogens is 312 g/mol. The van der Waals surface area contributed by atoms with Crippen molar-refractivity contribution in [1.29, 1.82) is 0 Å². The van der Waals surface area contributed by atoms with E-state index in [4.69, 9.17) is 11.6 Å². The van der Waals surface area contributed by atoms with Gasteiger partial charge in [0.05, 0.1) is 9.50 Å². The van der Waals surface area contributed by atoms with Gasteiger partial charge in [0.25, 0.3) is 0 Å². The first-order valence-corrected chi connectivity index (χ1v) is 6.41. The van der Waals surface area contributed by atoms with Crippen molar-refractivity contribution in [2.24, 2.45) is 7.05 Å². The number of halogens is 2. The molecule has 0 amide bonds. The third kappa shape index (κ3) is 2.39. The molecule has 0 saturated carbocycles. The molecule has 0 radical (unpaired) electrons. The van der Waals surface area contributed by atoms with E-state index in [0.717, 1.165) is 20.5 Å². The molecule has 2 aromatic rings. The number of hydrogen-bond acceptors (Lipinski definition) is 4. The lowest BCUT2D eigenvalue weighted by Gasteiger charge is -2.03. The molecule has 0 saturated heterocycles. The zero-order valence-corrected chi connectivity index (χ0v) is 11.8. The Morgan fingerprint density at radius 3 is 2.75 bits per heavy atom. The summed E-state index contributed by atoms with van der Waals surface area (Å²) in [5, 5.41) is 10.3. The Labute approximate surface area is 111 Å². The van der Waals surface area contributed by atoms with Crippen LogP contribution >= 0.6 is 39.3 Å². The van der Waals surface area contributed by atoms with Gasteiger partial charge in [-0.25, -0.2) is 4.98 Å². The lowest BCUT2D eigenvalue weighted by molar-refractivity contribution is 0.764. The molecule has 84 valence electrons. The van der Waals surface area contributed by atoms with E-state index in [-0.39, 0.29) is 0 Å². The highest BCUT2D eigenvalue weighted by atomic mass is 79.9. The molecule has 0 fully saturated rings. The molecule has 0 unspecified atom stereocenters. The number of nitrogens with zero attached hydrogens (tertiary/aromatic N) is 4.